The fourth-order valence-electron chi connectivity index (χ4n) is 3.30. The summed E-state index contributed by atoms with van der Waals surface area (Å²) in [6.45, 7) is 6.86. The molecule has 2 fully saturated rings. The third-order valence-corrected chi connectivity index (χ3v) is 4.89. The van der Waals surface area contributed by atoms with Crippen LogP contribution in [-0.4, -0.2) is 23.2 Å². The Kier molecular flexibility index (Phi) is 3.87. The van der Waals surface area contributed by atoms with Crippen molar-refractivity contribution in [2.75, 3.05) is 13.1 Å². The average molecular weight is 263 g/mol. The molecule has 1 aliphatic carbocycles. The predicted molar refractivity (Wildman–Crippen MR) is 73.9 cm³/mol. The van der Waals surface area contributed by atoms with Crippen LogP contribution in [0.15, 0.2) is 4.52 Å². The number of rotatable bonds is 4. The van der Waals surface area contributed by atoms with Crippen molar-refractivity contribution in [2.24, 2.45) is 17.8 Å². The summed E-state index contributed by atoms with van der Waals surface area (Å²) in [7, 11) is 0. The highest BCUT2D eigenvalue weighted by atomic mass is 16.5. The van der Waals surface area contributed by atoms with Crippen LogP contribution in [0.2, 0.25) is 0 Å². The van der Waals surface area contributed by atoms with Crippen LogP contribution < -0.4 is 5.32 Å². The number of nitrogens with one attached hydrogen (secondary N) is 1. The molecule has 0 aromatic carbocycles. The van der Waals surface area contributed by atoms with Crippen LogP contribution in [0.1, 0.15) is 57.2 Å². The summed E-state index contributed by atoms with van der Waals surface area (Å²) in [6.07, 6.45) is 6.04. The zero-order valence-corrected chi connectivity index (χ0v) is 12.1. The molecule has 4 heteroatoms. The van der Waals surface area contributed by atoms with Crippen LogP contribution in [0.5, 0.6) is 0 Å². The summed E-state index contributed by atoms with van der Waals surface area (Å²) in [5.41, 5.74) is 0. The van der Waals surface area contributed by atoms with Crippen molar-refractivity contribution in [3.8, 4) is 0 Å². The lowest BCUT2D eigenvalue weighted by atomic mass is 9.77. The summed E-state index contributed by atoms with van der Waals surface area (Å²) < 4.78 is 5.41. The minimum absolute atomic E-state index is 0.534. The Morgan fingerprint density at radius 2 is 1.95 bits per heavy atom. The van der Waals surface area contributed by atoms with Gasteiger partial charge in [0.05, 0.1) is 0 Å². The van der Waals surface area contributed by atoms with E-state index in [0.717, 1.165) is 43.1 Å². The van der Waals surface area contributed by atoms with Crippen LogP contribution in [0, 0.1) is 17.8 Å². The molecule has 19 heavy (non-hydrogen) atoms. The van der Waals surface area contributed by atoms with Gasteiger partial charge in [-0.1, -0.05) is 19.0 Å². The fourth-order valence-corrected chi connectivity index (χ4v) is 3.30. The van der Waals surface area contributed by atoms with Crippen molar-refractivity contribution in [1.82, 2.24) is 15.5 Å². The normalized spacial score (nSPS) is 28.6. The van der Waals surface area contributed by atoms with Gasteiger partial charge in [0, 0.05) is 12.3 Å². The van der Waals surface area contributed by atoms with Gasteiger partial charge in [-0.3, -0.25) is 0 Å². The van der Waals surface area contributed by atoms with Crippen LogP contribution >= 0.6 is 0 Å². The fraction of sp³-hybridized carbons (Fsp3) is 0.867. The van der Waals surface area contributed by atoms with E-state index in [2.05, 4.69) is 29.3 Å². The van der Waals surface area contributed by atoms with Gasteiger partial charge < -0.3 is 9.84 Å². The van der Waals surface area contributed by atoms with E-state index in [0.29, 0.717) is 11.8 Å². The molecule has 0 bridgehead atoms. The molecule has 0 atom stereocenters. The standard InChI is InChI=1S/C15H25N3O/c1-10(2)12-3-5-13(6-4-12)15-17-14(19-18-15)7-11-8-16-9-11/h10-13,16H,3-9H2,1-2H3. The van der Waals surface area contributed by atoms with Crippen LogP contribution in [-0.2, 0) is 6.42 Å². The number of hydrogen-bond acceptors (Lipinski definition) is 4. The Balaban J connectivity index is 1.54. The van der Waals surface area contributed by atoms with Crippen LogP contribution in [0.3, 0.4) is 0 Å². The molecule has 3 rings (SSSR count). The van der Waals surface area contributed by atoms with Crippen LogP contribution in [0.25, 0.3) is 0 Å². The highest BCUT2D eigenvalue weighted by Crippen LogP contribution is 2.37. The Bertz CT molecular complexity index is 403. The summed E-state index contributed by atoms with van der Waals surface area (Å²) in [5, 5.41) is 7.49. The summed E-state index contributed by atoms with van der Waals surface area (Å²) in [6, 6.07) is 0. The van der Waals surface area contributed by atoms with E-state index in [-0.39, 0.29) is 0 Å². The molecule has 1 N–H and O–H groups in total. The van der Waals surface area contributed by atoms with E-state index in [1.807, 2.05) is 0 Å². The van der Waals surface area contributed by atoms with E-state index < -0.39 is 0 Å². The van der Waals surface area contributed by atoms with Crippen molar-refractivity contribution in [1.29, 1.82) is 0 Å². The molecule has 106 valence electrons. The maximum Gasteiger partial charge on any atom is 0.227 e. The van der Waals surface area contributed by atoms with Crippen molar-refractivity contribution in [3.05, 3.63) is 11.7 Å². The molecular formula is C15H25N3O. The lowest BCUT2D eigenvalue weighted by Gasteiger charge is -2.29. The molecule has 0 radical (unpaired) electrons. The van der Waals surface area contributed by atoms with Gasteiger partial charge >= 0.3 is 0 Å². The number of hydrogen-bond donors (Lipinski definition) is 1. The molecule has 0 unspecified atom stereocenters. The van der Waals surface area contributed by atoms with Gasteiger partial charge in [0.15, 0.2) is 5.82 Å². The van der Waals surface area contributed by atoms with Gasteiger partial charge in [0.1, 0.15) is 0 Å². The zero-order chi connectivity index (χ0) is 13.2. The Labute approximate surface area is 115 Å². The Morgan fingerprint density at radius 3 is 2.53 bits per heavy atom. The predicted octanol–water partition coefficient (Wildman–Crippen LogP) is 2.76. The molecule has 1 saturated carbocycles. The minimum Gasteiger partial charge on any atom is -0.339 e. The van der Waals surface area contributed by atoms with Crippen molar-refractivity contribution in [2.45, 2.75) is 51.9 Å². The molecule has 1 saturated heterocycles. The number of aromatic nitrogens is 2. The first-order valence-corrected chi connectivity index (χ1v) is 7.75. The van der Waals surface area contributed by atoms with Gasteiger partial charge in [-0.2, -0.15) is 4.98 Å². The third kappa shape index (κ3) is 2.99. The molecule has 0 amide bonds. The maximum absolute atomic E-state index is 5.41. The molecule has 2 heterocycles. The highest BCUT2D eigenvalue weighted by molar-refractivity contribution is 4.99. The second kappa shape index (κ2) is 5.61. The number of nitrogens with zero attached hydrogens (tertiary/aromatic N) is 2. The van der Waals surface area contributed by atoms with Gasteiger partial charge in [-0.15, -0.1) is 0 Å². The van der Waals surface area contributed by atoms with Gasteiger partial charge in [-0.05, 0) is 56.5 Å². The van der Waals surface area contributed by atoms with E-state index in [9.17, 15) is 0 Å². The van der Waals surface area contributed by atoms with E-state index in [4.69, 9.17) is 4.52 Å². The highest BCUT2D eigenvalue weighted by Gasteiger charge is 2.28. The first kappa shape index (κ1) is 13.1. The van der Waals surface area contributed by atoms with Gasteiger partial charge in [0.2, 0.25) is 5.89 Å². The first-order valence-electron chi connectivity index (χ1n) is 7.75. The molecular weight excluding hydrogens is 238 g/mol. The van der Waals surface area contributed by atoms with E-state index >= 15 is 0 Å². The SMILES string of the molecule is CC(C)C1CCC(c2noc(CC3CNC3)n2)CC1. The lowest BCUT2D eigenvalue weighted by molar-refractivity contribution is 0.251. The monoisotopic (exact) mass is 263 g/mol. The van der Waals surface area contributed by atoms with Gasteiger partial charge in [0.25, 0.3) is 0 Å². The summed E-state index contributed by atoms with van der Waals surface area (Å²) in [4.78, 5) is 4.62. The molecule has 1 aromatic heterocycles. The smallest absolute Gasteiger partial charge is 0.227 e. The molecule has 1 aliphatic heterocycles. The topological polar surface area (TPSA) is 51.0 Å². The minimum atomic E-state index is 0.534. The lowest BCUT2D eigenvalue weighted by Crippen LogP contribution is -2.43. The quantitative estimate of drug-likeness (QED) is 0.907. The maximum atomic E-state index is 5.41. The molecule has 1 aromatic rings. The first-order chi connectivity index (χ1) is 9.22. The van der Waals surface area contributed by atoms with Crippen LogP contribution in [0.4, 0.5) is 0 Å². The average Bonchev–Trinajstić information content (AvgIpc) is 2.82. The second-order valence-corrected chi connectivity index (χ2v) is 6.63. The summed E-state index contributed by atoms with van der Waals surface area (Å²) >= 11 is 0. The summed E-state index contributed by atoms with van der Waals surface area (Å²) in [5.74, 6) is 4.74. The van der Waals surface area contributed by atoms with Crippen molar-refractivity contribution in [3.63, 3.8) is 0 Å². The van der Waals surface area contributed by atoms with E-state index in [1.54, 1.807) is 0 Å². The molecule has 4 nitrogen and oxygen atoms in total. The van der Waals surface area contributed by atoms with Gasteiger partial charge in [-0.25, -0.2) is 0 Å². The molecule has 2 aliphatic rings. The Morgan fingerprint density at radius 1 is 1.21 bits per heavy atom. The largest absolute Gasteiger partial charge is 0.339 e. The van der Waals surface area contributed by atoms with Crippen molar-refractivity contribution < 1.29 is 4.52 Å². The zero-order valence-electron chi connectivity index (χ0n) is 12.1. The third-order valence-electron chi connectivity index (χ3n) is 4.89. The molecule has 0 spiro atoms. The second-order valence-electron chi connectivity index (χ2n) is 6.63. The Hall–Kier alpha value is -0.900. The van der Waals surface area contributed by atoms with E-state index in [1.165, 1.54) is 25.7 Å². The van der Waals surface area contributed by atoms with Crippen molar-refractivity contribution >= 4 is 0 Å².